The van der Waals surface area contributed by atoms with E-state index in [0.29, 0.717) is 36.6 Å². The fraction of sp³-hybridized carbons (Fsp3) is 0.333. The van der Waals surface area contributed by atoms with Crippen molar-refractivity contribution < 1.29 is 27.5 Å². The van der Waals surface area contributed by atoms with Crippen LogP contribution in [0.15, 0.2) is 42.5 Å². The van der Waals surface area contributed by atoms with E-state index in [-0.39, 0.29) is 11.3 Å². The summed E-state index contributed by atoms with van der Waals surface area (Å²) in [5.74, 6) is -0.279. The van der Waals surface area contributed by atoms with Gasteiger partial charge in [-0.25, -0.2) is 13.2 Å². The van der Waals surface area contributed by atoms with Crippen molar-refractivity contribution in [2.45, 2.75) is 26.4 Å². The summed E-state index contributed by atoms with van der Waals surface area (Å²) in [5.41, 5.74) is 2.04. The highest BCUT2D eigenvalue weighted by atomic mass is 32.2. The van der Waals surface area contributed by atoms with Crippen molar-refractivity contribution in [1.82, 2.24) is 0 Å². The number of benzene rings is 2. The van der Waals surface area contributed by atoms with Crippen LogP contribution in [-0.4, -0.2) is 45.7 Å². The molecule has 0 amide bonds. The summed E-state index contributed by atoms with van der Waals surface area (Å²) in [6.07, 6.45) is 0.712. The summed E-state index contributed by atoms with van der Waals surface area (Å²) in [4.78, 5) is 25.0. The van der Waals surface area contributed by atoms with Crippen molar-refractivity contribution in [3.8, 4) is 5.75 Å². The molecule has 2 aromatic rings. The Morgan fingerprint density at radius 2 is 1.76 bits per heavy atom. The van der Waals surface area contributed by atoms with E-state index in [4.69, 9.17) is 9.47 Å². The standard InChI is InChI=1S/C21H23NO6S/c1-4-27-18-8-5-15(6-9-18)20(23)14(2)28-21(24)17-7-10-19-16(13-17)11-12-22(19)29(3,25)26/h5-10,13-14H,4,11-12H2,1-3H3/t14-/m1/s1. The lowest BCUT2D eigenvalue weighted by atomic mass is 10.1. The van der Waals surface area contributed by atoms with Crippen LogP contribution < -0.4 is 9.04 Å². The number of sulfonamides is 1. The maximum atomic E-state index is 12.5. The zero-order valence-corrected chi connectivity index (χ0v) is 17.4. The summed E-state index contributed by atoms with van der Waals surface area (Å²) in [6, 6.07) is 11.4. The Balaban J connectivity index is 1.69. The molecule has 0 bridgehead atoms. The Morgan fingerprint density at radius 3 is 2.38 bits per heavy atom. The molecule has 2 aromatic carbocycles. The summed E-state index contributed by atoms with van der Waals surface area (Å²) in [7, 11) is -3.35. The molecule has 0 radical (unpaired) electrons. The molecule has 154 valence electrons. The van der Waals surface area contributed by atoms with Gasteiger partial charge in [0.25, 0.3) is 0 Å². The molecule has 0 saturated carbocycles. The molecule has 0 saturated heterocycles. The van der Waals surface area contributed by atoms with Crippen molar-refractivity contribution in [3.05, 3.63) is 59.2 Å². The van der Waals surface area contributed by atoms with Gasteiger partial charge in [0.05, 0.1) is 24.1 Å². The smallest absolute Gasteiger partial charge is 0.338 e. The maximum absolute atomic E-state index is 12.5. The molecule has 0 spiro atoms. The molecular formula is C21H23NO6S. The van der Waals surface area contributed by atoms with E-state index in [1.807, 2.05) is 6.92 Å². The molecule has 0 N–H and O–H groups in total. The van der Waals surface area contributed by atoms with Gasteiger partial charge in [-0.15, -0.1) is 0 Å². The maximum Gasteiger partial charge on any atom is 0.338 e. The van der Waals surface area contributed by atoms with Gasteiger partial charge in [0.1, 0.15) is 5.75 Å². The van der Waals surface area contributed by atoms with E-state index < -0.39 is 22.1 Å². The highest BCUT2D eigenvalue weighted by molar-refractivity contribution is 7.92. The van der Waals surface area contributed by atoms with Crippen molar-refractivity contribution >= 4 is 27.5 Å². The molecule has 3 rings (SSSR count). The topological polar surface area (TPSA) is 90.0 Å². The Hall–Kier alpha value is -2.87. The number of ketones is 1. The number of carbonyl (C=O) groups excluding carboxylic acids is 2. The minimum Gasteiger partial charge on any atom is -0.494 e. The fourth-order valence-electron chi connectivity index (χ4n) is 3.24. The molecule has 8 heteroatoms. The van der Waals surface area contributed by atoms with Crippen LogP contribution in [0.5, 0.6) is 5.75 Å². The van der Waals surface area contributed by atoms with Crippen LogP contribution in [0.4, 0.5) is 5.69 Å². The number of anilines is 1. The van der Waals surface area contributed by atoms with Gasteiger partial charge in [-0.2, -0.15) is 0 Å². The first-order valence-corrected chi connectivity index (χ1v) is 11.1. The highest BCUT2D eigenvalue weighted by Crippen LogP contribution is 2.31. The van der Waals surface area contributed by atoms with Crippen LogP contribution in [0.25, 0.3) is 0 Å². The van der Waals surface area contributed by atoms with Gasteiger partial charge in [-0.1, -0.05) is 0 Å². The van der Waals surface area contributed by atoms with Crippen LogP contribution >= 0.6 is 0 Å². The first-order chi connectivity index (χ1) is 13.7. The van der Waals surface area contributed by atoms with Gasteiger partial charge in [-0.3, -0.25) is 9.10 Å². The van der Waals surface area contributed by atoms with Crippen LogP contribution in [0.1, 0.15) is 40.1 Å². The van der Waals surface area contributed by atoms with Gasteiger partial charge < -0.3 is 9.47 Å². The second-order valence-electron chi connectivity index (χ2n) is 6.80. The predicted molar refractivity (Wildman–Crippen MR) is 109 cm³/mol. The third-order valence-electron chi connectivity index (χ3n) is 4.67. The summed E-state index contributed by atoms with van der Waals surface area (Å²) in [6.45, 7) is 4.27. The molecule has 0 aromatic heterocycles. The van der Waals surface area contributed by atoms with Crippen molar-refractivity contribution in [1.29, 1.82) is 0 Å². The molecule has 1 aliphatic rings. The van der Waals surface area contributed by atoms with Crippen LogP contribution in [0, 0.1) is 0 Å². The minimum atomic E-state index is -3.35. The lowest BCUT2D eigenvalue weighted by Crippen LogP contribution is -2.27. The number of carbonyl (C=O) groups is 2. The lowest BCUT2D eigenvalue weighted by Gasteiger charge is -2.17. The number of fused-ring (bicyclic) bond motifs is 1. The Kier molecular flexibility index (Phi) is 5.93. The SMILES string of the molecule is CCOc1ccc(C(=O)[C@@H](C)OC(=O)c2ccc3c(c2)CCN3S(C)(=O)=O)cc1. The first-order valence-electron chi connectivity index (χ1n) is 9.29. The van der Waals surface area contributed by atoms with E-state index in [0.717, 1.165) is 11.8 Å². The van der Waals surface area contributed by atoms with Crippen LogP contribution in [0.3, 0.4) is 0 Å². The number of rotatable bonds is 7. The molecular weight excluding hydrogens is 394 g/mol. The zero-order chi connectivity index (χ0) is 21.2. The van der Waals surface area contributed by atoms with Crippen LogP contribution in [0.2, 0.25) is 0 Å². The molecule has 1 aliphatic heterocycles. The van der Waals surface area contributed by atoms with Gasteiger partial charge in [-0.05, 0) is 68.3 Å². The molecule has 0 unspecified atom stereocenters. The third-order valence-corrected chi connectivity index (χ3v) is 5.85. The molecule has 7 nitrogen and oxygen atoms in total. The van der Waals surface area contributed by atoms with Gasteiger partial charge >= 0.3 is 5.97 Å². The quantitative estimate of drug-likeness (QED) is 0.508. The summed E-state index contributed by atoms with van der Waals surface area (Å²) in [5, 5.41) is 0. The number of hydrogen-bond acceptors (Lipinski definition) is 6. The fourth-order valence-corrected chi connectivity index (χ4v) is 4.20. The number of nitrogens with zero attached hydrogens (tertiary/aromatic N) is 1. The molecule has 0 fully saturated rings. The third kappa shape index (κ3) is 4.59. The van der Waals surface area contributed by atoms with E-state index in [1.165, 1.54) is 17.3 Å². The molecule has 0 aliphatic carbocycles. The monoisotopic (exact) mass is 417 g/mol. The van der Waals surface area contributed by atoms with E-state index in [2.05, 4.69) is 0 Å². The molecule has 1 heterocycles. The zero-order valence-electron chi connectivity index (χ0n) is 16.5. The Labute approximate surface area is 170 Å². The van der Waals surface area contributed by atoms with Crippen molar-refractivity contribution in [2.24, 2.45) is 0 Å². The molecule has 1 atom stereocenters. The van der Waals surface area contributed by atoms with Crippen molar-refractivity contribution in [3.63, 3.8) is 0 Å². The highest BCUT2D eigenvalue weighted by Gasteiger charge is 2.27. The number of esters is 1. The molecule has 29 heavy (non-hydrogen) atoms. The number of Topliss-reactive ketones (excluding diaryl/α,β-unsaturated/α-hetero) is 1. The summed E-state index contributed by atoms with van der Waals surface area (Å²) < 4.78 is 35.6. The average molecular weight is 417 g/mol. The second kappa shape index (κ2) is 8.24. The van der Waals surface area contributed by atoms with Crippen molar-refractivity contribution in [2.75, 3.05) is 23.7 Å². The van der Waals surface area contributed by atoms with E-state index in [1.54, 1.807) is 36.4 Å². The van der Waals surface area contributed by atoms with Gasteiger partial charge in [0, 0.05) is 12.1 Å². The second-order valence-corrected chi connectivity index (χ2v) is 8.70. The largest absolute Gasteiger partial charge is 0.494 e. The predicted octanol–water partition coefficient (Wildman–Crippen LogP) is 2.84. The lowest BCUT2D eigenvalue weighted by molar-refractivity contribution is 0.0318. The Bertz CT molecular complexity index is 1030. The van der Waals surface area contributed by atoms with Gasteiger partial charge in [0.2, 0.25) is 15.8 Å². The van der Waals surface area contributed by atoms with E-state index in [9.17, 15) is 18.0 Å². The van der Waals surface area contributed by atoms with E-state index >= 15 is 0 Å². The normalized spacial score (nSPS) is 14.2. The minimum absolute atomic E-state index is 0.283. The Morgan fingerprint density at radius 1 is 1.10 bits per heavy atom. The van der Waals surface area contributed by atoms with Crippen LogP contribution in [-0.2, 0) is 21.2 Å². The number of hydrogen-bond donors (Lipinski definition) is 0. The first kappa shape index (κ1) is 20.9. The number of ether oxygens (including phenoxy) is 2. The van der Waals surface area contributed by atoms with Gasteiger partial charge in [0.15, 0.2) is 6.10 Å². The average Bonchev–Trinajstić information content (AvgIpc) is 3.12. The summed E-state index contributed by atoms with van der Waals surface area (Å²) >= 11 is 0.